The Balaban J connectivity index is 0.000000194. The summed E-state index contributed by atoms with van der Waals surface area (Å²) in [5, 5.41) is 9.29. The highest BCUT2D eigenvalue weighted by atomic mass is 16.5. The van der Waals surface area contributed by atoms with E-state index in [0.717, 1.165) is 17.0 Å². The van der Waals surface area contributed by atoms with Crippen LogP contribution in [-0.2, 0) is 9.59 Å². The Labute approximate surface area is 230 Å². The summed E-state index contributed by atoms with van der Waals surface area (Å²) in [6.45, 7) is 1.10. The number of rotatable bonds is 7. The number of likely N-dealkylation sites (N-methyl/N-ethyl adjacent to an activating group) is 3. The van der Waals surface area contributed by atoms with Crippen molar-refractivity contribution in [3.05, 3.63) is 64.8 Å². The normalized spacial score (nSPS) is 18.2. The second-order valence-corrected chi connectivity index (χ2v) is 9.63. The number of hydrogen-bond donors (Lipinski definition) is 1. The first kappa shape index (κ1) is 28.3. The molecule has 0 saturated carbocycles. The molecular formula is C28H31N5O7. The van der Waals surface area contributed by atoms with Crippen LogP contribution >= 0.6 is 0 Å². The van der Waals surface area contributed by atoms with Crippen molar-refractivity contribution in [1.29, 1.82) is 0 Å². The molecule has 210 valence electrons. The zero-order chi connectivity index (χ0) is 29.0. The quantitative estimate of drug-likeness (QED) is 0.469. The van der Waals surface area contributed by atoms with Crippen LogP contribution in [-0.4, -0.2) is 109 Å². The Morgan fingerprint density at radius 2 is 1.80 bits per heavy atom. The number of carbonyl (C=O) groups excluding carboxylic acids is 2. The first-order valence-electron chi connectivity index (χ1n) is 12.5. The minimum atomic E-state index is -1.05. The molecule has 12 heteroatoms. The molecule has 40 heavy (non-hydrogen) atoms. The predicted octanol–water partition coefficient (Wildman–Crippen LogP) is 2.03. The van der Waals surface area contributed by atoms with Crippen LogP contribution in [0.1, 0.15) is 0 Å². The van der Waals surface area contributed by atoms with E-state index in [4.69, 9.17) is 14.3 Å². The summed E-state index contributed by atoms with van der Waals surface area (Å²) in [6.07, 6.45) is 0.676. The molecule has 2 atom stereocenters. The highest BCUT2D eigenvalue weighted by Gasteiger charge is 2.48. The molecule has 1 aromatic heterocycles. The molecule has 1 N–H and O–H groups in total. The second kappa shape index (κ2) is 12.0. The molecule has 2 aliphatic rings. The zero-order valence-electron chi connectivity index (χ0n) is 22.7. The Morgan fingerprint density at radius 3 is 2.48 bits per heavy atom. The van der Waals surface area contributed by atoms with E-state index in [1.54, 1.807) is 18.2 Å². The van der Waals surface area contributed by atoms with Crippen molar-refractivity contribution in [3.8, 4) is 17.1 Å². The topological polar surface area (TPSA) is 136 Å². The first-order valence-corrected chi connectivity index (χ1v) is 12.5. The van der Waals surface area contributed by atoms with Crippen LogP contribution in [0, 0.1) is 0 Å². The minimum absolute atomic E-state index is 0.0510. The molecule has 0 aliphatic carbocycles. The van der Waals surface area contributed by atoms with Gasteiger partial charge in [-0.2, -0.15) is 0 Å². The average molecular weight is 550 g/mol. The molecule has 12 nitrogen and oxygen atoms in total. The van der Waals surface area contributed by atoms with E-state index in [1.165, 1.54) is 36.3 Å². The fourth-order valence-corrected chi connectivity index (χ4v) is 4.31. The number of fused-ring (bicyclic) bond motifs is 2. The van der Waals surface area contributed by atoms with E-state index >= 15 is 0 Å². The Bertz CT molecular complexity index is 1490. The highest BCUT2D eigenvalue weighted by molar-refractivity contribution is 6.02. The number of aliphatic carboxylic acids is 1. The van der Waals surface area contributed by atoms with Crippen LogP contribution in [0.15, 0.2) is 68.8 Å². The molecular weight excluding hydrogens is 518 g/mol. The smallest absolute Gasteiger partial charge is 0.328 e. The van der Waals surface area contributed by atoms with E-state index < -0.39 is 30.1 Å². The van der Waals surface area contributed by atoms with Crippen molar-refractivity contribution in [1.82, 2.24) is 19.6 Å². The van der Waals surface area contributed by atoms with E-state index in [9.17, 15) is 19.2 Å². The van der Waals surface area contributed by atoms with Gasteiger partial charge in [-0.25, -0.2) is 9.79 Å². The average Bonchev–Trinajstić information content (AvgIpc) is 3.34. The van der Waals surface area contributed by atoms with Gasteiger partial charge in [-0.3, -0.25) is 19.3 Å². The van der Waals surface area contributed by atoms with E-state index in [1.807, 2.05) is 44.4 Å². The molecule has 3 heterocycles. The van der Waals surface area contributed by atoms with Crippen molar-refractivity contribution in [2.24, 2.45) is 4.99 Å². The number of benzene rings is 2. The summed E-state index contributed by atoms with van der Waals surface area (Å²) in [5.74, 6) is -0.217. The van der Waals surface area contributed by atoms with Crippen molar-refractivity contribution in [2.75, 3.05) is 47.9 Å². The Kier molecular flexibility index (Phi) is 8.49. The molecule has 5 rings (SSSR count). The molecule has 2 aromatic carbocycles. The SMILES string of the molecule is CN(C)CCOc1ccc2c(=O)cc(-c3ccccc3)oc2c1.CN1C(=O)C2C(N=CN2CC(=O)O)N(C)C1=O. The van der Waals surface area contributed by atoms with Gasteiger partial charge < -0.3 is 29.0 Å². The number of imide groups is 1. The van der Waals surface area contributed by atoms with Gasteiger partial charge in [0.15, 0.2) is 17.6 Å². The summed E-state index contributed by atoms with van der Waals surface area (Å²) in [4.78, 5) is 56.2. The van der Waals surface area contributed by atoms with E-state index in [-0.39, 0.29) is 12.0 Å². The number of carbonyl (C=O) groups is 3. The summed E-state index contributed by atoms with van der Waals surface area (Å²) >= 11 is 0. The molecule has 0 bridgehead atoms. The zero-order valence-corrected chi connectivity index (χ0v) is 22.7. The number of amides is 3. The van der Waals surface area contributed by atoms with Crippen LogP contribution in [0.2, 0.25) is 0 Å². The van der Waals surface area contributed by atoms with Gasteiger partial charge in [0.05, 0.1) is 11.7 Å². The van der Waals surface area contributed by atoms with Gasteiger partial charge >= 0.3 is 12.0 Å². The summed E-state index contributed by atoms with van der Waals surface area (Å²) in [7, 11) is 6.89. The molecule has 3 amide bonds. The van der Waals surface area contributed by atoms with E-state index in [2.05, 4.69) is 9.89 Å². The van der Waals surface area contributed by atoms with Gasteiger partial charge in [0, 0.05) is 38.3 Å². The molecule has 3 aromatic rings. The van der Waals surface area contributed by atoms with Gasteiger partial charge in [0.25, 0.3) is 5.91 Å². The number of nitrogens with zero attached hydrogens (tertiary/aromatic N) is 5. The molecule has 1 fully saturated rings. The standard InChI is InChI=1S/C19H19NO3.C9H12N4O4/c1-20(2)10-11-22-15-8-9-16-17(21)13-18(23-19(16)12-15)14-6-4-3-5-7-14;1-11-7-6(8(16)12(2)9(11)17)13(4-10-7)3-5(14)15/h3-9,12-13H,10-11H2,1-2H3;4,6-7H,3H2,1-2H3,(H,14,15). The molecule has 1 saturated heterocycles. The van der Waals surface area contributed by atoms with Gasteiger partial charge in [-0.1, -0.05) is 30.3 Å². The largest absolute Gasteiger partial charge is 0.492 e. The number of ether oxygens (including phenoxy) is 1. The summed E-state index contributed by atoms with van der Waals surface area (Å²) < 4.78 is 11.6. The van der Waals surface area contributed by atoms with Crippen molar-refractivity contribution >= 4 is 35.2 Å². The molecule has 0 spiro atoms. The number of carboxylic acid groups (broad SMARTS) is 1. The fraction of sp³-hybridized carbons (Fsp3) is 0.321. The lowest BCUT2D eigenvalue weighted by Gasteiger charge is -2.39. The van der Waals surface area contributed by atoms with Gasteiger partial charge in [-0.15, -0.1) is 0 Å². The predicted molar refractivity (Wildman–Crippen MR) is 148 cm³/mol. The third-order valence-corrected chi connectivity index (χ3v) is 6.46. The third-order valence-electron chi connectivity index (χ3n) is 6.46. The first-order chi connectivity index (χ1) is 19.1. The van der Waals surface area contributed by atoms with Gasteiger partial charge in [-0.05, 0) is 26.2 Å². The second-order valence-electron chi connectivity index (χ2n) is 9.63. The van der Waals surface area contributed by atoms with Crippen LogP contribution in [0.5, 0.6) is 5.75 Å². The number of hydrogen-bond acceptors (Lipinski definition) is 9. The van der Waals surface area contributed by atoms with Crippen LogP contribution in [0.25, 0.3) is 22.3 Å². The molecule has 2 aliphatic heterocycles. The van der Waals surface area contributed by atoms with Crippen LogP contribution in [0.4, 0.5) is 4.79 Å². The van der Waals surface area contributed by atoms with Gasteiger partial charge in [0.1, 0.15) is 30.2 Å². The number of carboxylic acids is 1. The van der Waals surface area contributed by atoms with E-state index in [0.29, 0.717) is 29.1 Å². The maximum atomic E-state index is 12.3. The van der Waals surface area contributed by atoms with Crippen LogP contribution < -0.4 is 10.2 Å². The summed E-state index contributed by atoms with van der Waals surface area (Å²) in [5.41, 5.74) is 1.37. The lowest BCUT2D eigenvalue weighted by Crippen LogP contribution is -2.63. The monoisotopic (exact) mass is 549 g/mol. The highest BCUT2D eigenvalue weighted by Crippen LogP contribution is 2.25. The fourth-order valence-electron chi connectivity index (χ4n) is 4.31. The third kappa shape index (κ3) is 6.12. The van der Waals surface area contributed by atoms with Crippen LogP contribution in [0.3, 0.4) is 0 Å². The molecule has 0 radical (unpaired) electrons. The lowest BCUT2D eigenvalue weighted by atomic mass is 10.1. The molecule has 2 unspecified atom stereocenters. The lowest BCUT2D eigenvalue weighted by molar-refractivity contribution is -0.140. The number of aliphatic imine (C=N–C) groups is 1. The minimum Gasteiger partial charge on any atom is -0.492 e. The number of urea groups is 1. The maximum absolute atomic E-state index is 12.3. The van der Waals surface area contributed by atoms with Crippen molar-refractivity contribution in [3.63, 3.8) is 0 Å². The van der Waals surface area contributed by atoms with Crippen molar-refractivity contribution < 1.29 is 28.6 Å². The summed E-state index contributed by atoms with van der Waals surface area (Å²) in [6, 6.07) is 15.3. The Morgan fingerprint density at radius 1 is 1.07 bits per heavy atom. The van der Waals surface area contributed by atoms with Gasteiger partial charge in [0.2, 0.25) is 0 Å². The maximum Gasteiger partial charge on any atom is 0.328 e. The Hall–Kier alpha value is -4.71. The van der Waals surface area contributed by atoms with Crippen molar-refractivity contribution in [2.45, 2.75) is 12.2 Å².